The molecule has 1 aromatic rings. The topological polar surface area (TPSA) is 12.0 Å². The van der Waals surface area contributed by atoms with Gasteiger partial charge in [0.25, 0.3) is 0 Å². The summed E-state index contributed by atoms with van der Waals surface area (Å²) in [5.74, 6) is 0.795. The summed E-state index contributed by atoms with van der Waals surface area (Å²) in [7, 11) is 0. The summed E-state index contributed by atoms with van der Waals surface area (Å²) in [4.78, 5) is 0. The number of piperidine rings is 1. The van der Waals surface area contributed by atoms with Crippen molar-refractivity contribution in [3.8, 4) is 0 Å². The fourth-order valence-corrected chi connectivity index (χ4v) is 3.50. The first-order valence-electron chi connectivity index (χ1n) is 6.76. The van der Waals surface area contributed by atoms with Gasteiger partial charge in [-0.3, -0.25) is 0 Å². The average Bonchev–Trinajstić information content (AvgIpc) is 2.79. The third-order valence-corrected chi connectivity index (χ3v) is 4.43. The van der Waals surface area contributed by atoms with Gasteiger partial charge in [0.05, 0.1) is 0 Å². The van der Waals surface area contributed by atoms with Crippen molar-refractivity contribution in [3.05, 3.63) is 35.1 Å². The van der Waals surface area contributed by atoms with Crippen LogP contribution in [-0.2, 0) is 0 Å². The highest BCUT2D eigenvalue weighted by Crippen LogP contribution is 2.38. The van der Waals surface area contributed by atoms with Crippen LogP contribution < -0.4 is 5.32 Å². The predicted molar refractivity (Wildman–Crippen MR) is 67.4 cm³/mol. The van der Waals surface area contributed by atoms with Crippen LogP contribution in [0.5, 0.6) is 0 Å². The molecule has 1 aromatic carbocycles. The Balaban J connectivity index is 1.82. The number of hydrogen-bond donors (Lipinski definition) is 1. The molecular formula is C15H20FN. The first-order valence-corrected chi connectivity index (χ1v) is 6.76. The third-order valence-electron chi connectivity index (χ3n) is 4.43. The Morgan fingerprint density at radius 2 is 2.06 bits per heavy atom. The summed E-state index contributed by atoms with van der Waals surface area (Å²) >= 11 is 0. The summed E-state index contributed by atoms with van der Waals surface area (Å²) in [5, 5.41) is 3.66. The molecule has 17 heavy (non-hydrogen) atoms. The van der Waals surface area contributed by atoms with E-state index in [9.17, 15) is 4.39 Å². The highest BCUT2D eigenvalue weighted by Gasteiger charge is 2.34. The molecule has 1 N–H and O–H groups in total. The monoisotopic (exact) mass is 233 g/mol. The van der Waals surface area contributed by atoms with Crippen molar-refractivity contribution in [2.45, 2.75) is 51.1 Å². The maximum Gasteiger partial charge on any atom is 0.127 e. The molecule has 3 unspecified atom stereocenters. The predicted octanol–water partition coefficient (Wildman–Crippen LogP) is 3.73. The van der Waals surface area contributed by atoms with E-state index in [1.165, 1.54) is 25.7 Å². The Labute approximate surface area is 102 Å². The standard InChI is InChI=1S/C15H20FN/c1-10-5-7-13(16)12(9-10)15-8-6-11-3-2-4-14(11)17-15/h5,7,9,11,14-15,17H,2-4,6,8H2,1H3. The molecule has 1 saturated carbocycles. The molecule has 0 radical (unpaired) electrons. The van der Waals surface area contributed by atoms with Crippen molar-refractivity contribution >= 4 is 0 Å². The normalized spacial score (nSPS) is 32.5. The van der Waals surface area contributed by atoms with Gasteiger partial charge in [0.2, 0.25) is 0 Å². The SMILES string of the molecule is Cc1ccc(F)c(C2CCC3CCCC3N2)c1. The zero-order chi connectivity index (χ0) is 11.8. The number of fused-ring (bicyclic) bond motifs is 1. The molecule has 2 heteroatoms. The molecule has 1 aliphatic heterocycles. The minimum atomic E-state index is -0.0513. The fraction of sp³-hybridized carbons (Fsp3) is 0.600. The van der Waals surface area contributed by atoms with Gasteiger partial charge < -0.3 is 5.32 Å². The fourth-order valence-electron chi connectivity index (χ4n) is 3.50. The van der Waals surface area contributed by atoms with Crippen LogP contribution >= 0.6 is 0 Å². The van der Waals surface area contributed by atoms with Crippen LogP contribution in [0.4, 0.5) is 4.39 Å². The smallest absolute Gasteiger partial charge is 0.127 e. The van der Waals surface area contributed by atoms with Gasteiger partial charge in [0.1, 0.15) is 5.82 Å². The lowest BCUT2D eigenvalue weighted by Gasteiger charge is -2.34. The largest absolute Gasteiger partial charge is 0.307 e. The van der Waals surface area contributed by atoms with Gasteiger partial charge in [-0.1, -0.05) is 24.1 Å². The Bertz CT molecular complexity index is 415. The number of nitrogens with one attached hydrogen (secondary N) is 1. The molecule has 0 amide bonds. The average molecular weight is 233 g/mol. The molecule has 1 heterocycles. The second kappa shape index (κ2) is 4.41. The molecule has 3 atom stereocenters. The molecular weight excluding hydrogens is 213 g/mol. The van der Waals surface area contributed by atoms with Crippen molar-refractivity contribution in [3.63, 3.8) is 0 Å². The van der Waals surface area contributed by atoms with E-state index in [0.717, 1.165) is 23.5 Å². The number of hydrogen-bond acceptors (Lipinski definition) is 1. The van der Waals surface area contributed by atoms with Crippen molar-refractivity contribution in [2.24, 2.45) is 5.92 Å². The molecule has 3 rings (SSSR count). The van der Waals surface area contributed by atoms with Gasteiger partial charge in [-0.05, 0) is 44.6 Å². The maximum absolute atomic E-state index is 13.9. The van der Waals surface area contributed by atoms with Gasteiger partial charge in [-0.15, -0.1) is 0 Å². The minimum Gasteiger partial charge on any atom is -0.307 e. The van der Waals surface area contributed by atoms with Gasteiger partial charge in [-0.25, -0.2) is 4.39 Å². The summed E-state index contributed by atoms with van der Waals surface area (Å²) in [6.45, 7) is 2.03. The highest BCUT2D eigenvalue weighted by atomic mass is 19.1. The quantitative estimate of drug-likeness (QED) is 0.779. The minimum absolute atomic E-state index is 0.0513. The maximum atomic E-state index is 13.9. The van der Waals surface area contributed by atoms with Crippen LogP contribution in [0.25, 0.3) is 0 Å². The number of benzene rings is 1. The van der Waals surface area contributed by atoms with E-state index in [0.29, 0.717) is 6.04 Å². The molecule has 0 aromatic heterocycles. The van der Waals surface area contributed by atoms with E-state index >= 15 is 0 Å². The lowest BCUT2D eigenvalue weighted by Crippen LogP contribution is -2.40. The number of rotatable bonds is 1. The summed E-state index contributed by atoms with van der Waals surface area (Å²) in [6.07, 6.45) is 6.32. The van der Waals surface area contributed by atoms with Crippen LogP contribution in [-0.4, -0.2) is 6.04 Å². The van der Waals surface area contributed by atoms with Crippen molar-refractivity contribution in [1.29, 1.82) is 0 Å². The van der Waals surface area contributed by atoms with Crippen molar-refractivity contribution in [1.82, 2.24) is 5.32 Å². The zero-order valence-electron chi connectivity index (χ0n) is 10.4. The molecule has 2 fully saturated rings. The summed E-state index contributed by atoms with van der Waals surface area (Å²) in [5.41, 5.74) is 2.02. The third kappa shape index (κ3) is 2.11. The summed E-state index contributed by atoms with van der Waals surface area (Å²) in [6, 6.07) is 6.32. The Hall–Kier alpha value is -0.890. The Morgan fingerprint density at radius 3 is 2.94 bits per heavy atom. The summed E-state index contributed by atoms with van der Waals surface area (Å²) < 4.78 is 13.9. The lowest BCUT2D eigenvalue weighted by atomic mass is 9.86. The van der Waals surface area contributed by atoms with Crippen LogP contribution in [0.2, 0.25) is 0 Å². The molecule has 0 bridgehead atoms. The second-order valence-corrected chi connectivity index (χ2v) is 5.62. The highest BCUT2D eigenvalue weighted by molar-refractivity contribution is 5.27. The van der Waals surface area contributed by atoms with Gasteiger partial charge in [-0.2, -0.15) is 0 Å². The molecule has 2 aliphatic rings. The van der Waals surface area contributed by atoms with Gasteiger partial charge in [0, 0.05) is 17.6 Å². The Morgan fingerprint density at radius 1 is 1.18 bits per heavy atom. The molecule has 0 spiro atoms. The van der Waals surface area contributed by atoms with Crippen molar-refractivity contribution in [2.75, 3.05) is 0 Å². The van der Waals surface area contributed by atoms with Crippen LogP contribution in [0, 0.1) is 18.7 Å². The molecule has 1 aliphatic carbocycles. The molecule has 1 nitrogen and oxygen atoms in total. The first-order chi connectivity index (χ1) is 8.24. The van der Waals surface area contributed by atoms with Crippen molar-refractivity contribution < 1.29 is 4.39 Å². The van der Waals surface area contributed by atoms with Crippen LogP contribution in [0.15, 0.2) is 18.2 Å². The lowest BCUT2D eigenvalue weighted by molar-refractivity contribution is 0.257. The van der Waals surface area contributed by atoms with E-state index < -0.39 is 0 Å². The van der Waals surface area contributed by atoms with E-state index in [1.807, 2.05) is 19.1 Å². The Kier molecular flexibility index (Phi) is 2.91. The zero-order valence-corrected chi connectivity index (χ0v) is 10.4. The van der Waals surface area contributed by atoms with E-state index in [4.69, 9.17) is 0 Å². The van der Waals surface area contributed by atoms with E-state index in [-0.39, 0.29) is 11.9 Å². The van der Waals surface area contributed by atoms with Crippen LogP contribution in [0.3, 0.4) is 0 Å². The first kappa shape index (κ1) is 11.2. The number of aryl methyl sites for hydroxylation is 1. The van der Waals surface area contributed by atoms with Crippen LogP contribution in [0.1, 0.15) is 49.3 Å². The van der Waals surface area contributed by atoms with Gasteiger partial charge >= 0.3 is 0 Å². The number of halogens is 1. The van der Waals surface area contributed by atoms with Gasteiger partial charge in [0.15, 0.2) is 0 Å². The second-order valence-electron chi connectivity index (χ2n) is 5.62. The van der Waals surface area contributed by atoms with E-state index in [2.05, 4.69) is 5.32 Å². The van der Waals surface area contributed by atoms with E-state index in [1.54, 1.807) is 6.07 Å². The molecule has 92 valence electrons. The molecule has 1 saturated heterocycles.